The maximum absolute atomic E-state index is 11.7. The zero-order chi connectivity index (χ0) is 14.2. The molecule has 0 bridgehead atoms. The van der Waals surface area contributed by atoms with Crippen molar-refractivity contribution >= 4 is 5.78 Å². The molecular weight excluding hydrogens is 236 g/mol. The van der Waals surface area contributed by atoms with Crippen molar-refractivity contribution in [3.63, 3.8) is 0 Å². The molecule has 0 aliphatic heterocycles. The Kier molecular flexibility index (Phi) is 3.31. The lowest BCUT2D eigenvalue weighted by Crippen LogP contribution is -2.10. The fourth-order valence-electron chi connectivity index (χ4n) is 2.22. The van der Waals surface area contributed by atoms with Gasteiger partial charge in [-0.3, -0.25) is 9.48 Å². The summed E-state index contributed by atoms with van der Waals surface area (Å²) in [6.07, 6.45) is 1.75. The SMILES string of the molecule is CC(=O)c1c(-c2ccc(C(C)(C)C)cc2)cnn1C. The van der Waals surface area contributed by atoms with Gasteiger partial charge in [0.25, 0.3) is 0 Å². The van der Waals surface area contributed by atoms with Crippen LogP contribution in [0.3, 0.4) is 0 Å². The van der Waals surface area contributed by atoms with Gasteiger partial charge in [-0.15, -0.1) is 0 Å². The minimum absolute atomic E-state index is 0.0369. The minimum Gasteiger partial charge on any atom is -0.293 e. The molecule has 0 N–H and O–H groups in total. The molecule has 0 radical (unpaired) electrons. The van der Waals surface area contributed by atoms with Gasteiger partial charge < -0.3 is 0 Å². The number of hydrogen-bond acceptors (Lipinski definition) is 2. The van der Waals surface area contributed by atoms with Gasteiger partial charge >= 0.3 is 0 Å². The van der Waals surface area contributed by atoms with Crippen molar-refractivity contribution in [1.82, 2.24) is 9.78 Å². The molecule has 0 amide bonds. The smallest absolute Gasteiger partial charge is 0.178 e. The van der Waals surface area contributed by atoms with E-state index in [1.54, 1.807) is 24.9 Å². The van der Waals surface area contributed by atoms with Crippen LogP contribution in [-0.4, -0.2) is 15.6 Å². The number of carbonyl (C=O) groups excluding carboxylic acids is 1. The van der Waals surface area contributed by atoms with Crippen molar-refractivity contribution in [2.45, 2.75) is 33.1 Å². The summed E-state index contributed by atoms with van der Waals surface area (Å²) in [6, 6.07) is 8.35. The summed E-state index contributed by atoms with van der Waals surface area (Å²) in [7, 11) is 1.80. The van der Waals surface area contributed by atoms with Crippen molar-refractivity contribution in [2.24, 2.45) is 7.05 Å². The summed E-state index contributed by atoms with van der Waals surface area (Å²) < 4.78 is 1.63. The second-order valence-electron chi connectivity index (χ2n) is 5.91. The quantitative estimate of drug-likeness (QED) is 0.770. The largest absolute Gasteiger partial charge is 0.293 e. The summed E-state index contributed by atoms with van der Waals surface area (Å²) >= 11 is 0. The van der Waals surface area contributed by atoms with E-state index in [1.165, 1.54) is 5.56 Å². The van der Waals surface area contributed by atoms with E-state index in [0.717, 1.165) is 11.1 Å². The second kappa shape index (κ2) is 4.65. The summed E-state index contributed by atoms with van der Waals surface area (Å²) in [4.78, 5) is 11.7. The van der Waals surface area contributed by atoms with Gasteiger partial charge in [-0.2, -0.15) is 5.10 Å². The Bertz CT molecular complexity index is 601. The topological polar surface area (TPSA) is 34.9 Å². The van der Waals surface area contributed by atoms with Gasteiger partial charge in [-0.25, -0.2) is 0 Å². The Labute approximate surface area is 114 Å². The van der Waals surface area contributed by atoms with Gasteiger partial charge in [0.15, 0.2) is 5.78 Å². The molecule has 1 aromatic carbocycles. The Morgan fingerprint density at radius 3 is 2.21 bits per heavy atom. The van der Waals surface area contributed by atoms with Gasteiger partial charge in [-0.1, -0.05) is 45.0 Å². The molecule has 0 fully saturated rings. The van der Waals surface area contributed by atoms with Crippen LogP contribution >= 0.6 is 0 Å². The van der Waals surface area contributed by atoms with Crippen LogP contribution in [0.2, 0.25) is 0 Å². The molecule has 0 spiro atoms. The fourth-order valence-corrected chi connectivity index (χ4v) is 2.22. The molecule has 3 heteroatoms. The van der Waals surface area contributed by atoms with Crippen LogP contribution < -0.4 is 0 Å². The van der Waals surface area contributed by atoms with Crippen LogP contribution in [0.5, 0.6) is 0 Å². The van der Waals surface area contributed by atoms with E-state index in [2.05, 4.69) is 50.1 Å². The first kappa shape index (κ1) is 13.5. The number of carbonyl (C=O) groups is 1. The monoisotopic (exact) mass is 256 g/mol. The van der Waals surface area contributed by atoms with Crippen molar-refractivity contribution in [1.29, 1.82) is 0 Å². The number of ketones is 1. The highest BCUT2D eigenvalue weighted by Gasteiger charge is 2.16. The molecule has 0 aliphatic carbocycles. The van der Waals surface area contributed by atoms with Crippen LogP contribution in [0, 0.1) is 0 Å². The number of rotatable bonds is 2. The van der Waals surface area contributed by atoms with E-state index in [1.807, 2.05) is 0 Å². The molecule has 100 valence electrons. The van der Waals surface area contributed by atoms with Crippen molar-refractivity contribution in [2.75, 3.05) is 0 Å². The molecule has 2 rings (SSSR count). The first-order valence-electron chi connectivity index (χ1n) is 6.44. The van der Waals surface area contributed by atoms with Crippen LogP contribution in [0.1, 0.15) is 43.7 Å². The summed E-state index contributed by atoms with van der Waals surface area (Å²) in [5.74, 6) is 0.0369. The van der Waals surface area contributed by atoms with E-state index in [9.17, 15) is 4.79 Å². The second-order valence-corrected chi connectivity index (χ2v) is 5.91. The zero-order valence-electron chi connectivity index (χ0n) is 12.2. The maximum atomic E-state index is 11.7. The molecule has 0 saturated heterocycles. The first-order valence-corrected chi connectivity index (χ1v) is 6.44. The van der Waals surface area contributed by atoms with Gasteiger partial charge in [0.05, 0.1) is 6.20 Å². The molecule has 0 aliphatic rings. The third kappa shape index (κ3) is 2.60. The van der Waals surface area contributed by atoms with E-state index >= 15 is 0 Å². The lowest BCUT2D eigenvalue weighted by Gasteiger charge is -2.19. The van der Waals surface area contributed by atoms with Gasteiger partial charge in [0.2, 0.25) is 0 Å². The molecule has 19 heavy (non-hydrogen) atoms. The fraction of sp³-hybridized carbons (Fsp3) is 0.375. The van der Waals surface area contributed by atoms with Crippen LogP contribution in [0.25, 0.3) is 11.1 Å². The third-order valence-corrected chi connectivity index (χ3v) is 3.33. The highest BCUT2D eigenvalue weighted by atomic mass is 16.1. The Balaban J connectivity index is 2.46. The Morgan fingerprint density at radius 2 is 1.74 bits per heavy atom. The molecular formula is C16H20N2O. The first-order chi connectivity index (χ1) is 8.80. The molecule has 1 heterocycles. The number of nitrogens with zero attached hydrogens (tertiary/aromatic N) is 2. The van der Waals surface area contributed by atoms with Crippen LogP contribution in [0.15, 0.2) is 30.5 Å². The predicted molar refractivity (Wildman–Crippen MR) is 77.3 cm³/mol. The molecule has 1 aromatic heterocycles. The summed E-state index contributed by atoms with van der Waals surface area (Å²) in [5.41, 5.74) is 4.01. The van der Waals surface area contributed by atoms with E-state index in [4.69, 9.17) is 0 Å². The zero-order valence-corrected chi connectivity index (χ0v) is 12.2. The Hall–Kier alpha value is -1.90. The number of Topliss-reactive ketones (excluding diaryl/α,β-unsaturated/α-hetero) is 1. The van der Waals surface area contributed by atoms with Gasteiger partial charge in [-0.05, 0) is 16.5 Å². The van der Waals surface area contributed by atoms with Crippen molar-refractivity contribution in [3.8, 4) is 11.1 Å². The average molecular weight is 256 g/mol. The molecule has 3 nitrogen and oxygen atoms in total. The normalized spacial score (nSPS) is 11.6. The maximum Gasteiger partial charge on any atom is 0.178 e. The minimum atomic E-state index is 0.0369. The molecule has 0 atom stereocenters. The van der Waals surface area contributed by atoms with Gasteiger partial charge in [0.1, 0.15) is 5.69 Å². The standard InChI is InChI=1S/C16H20N2O/c1-11(19)15-14(10-17-18(15)5)12-6-8-13(9-7-12)16(2,3)4/h6-10H,1-5H3. The number of aromatic nitrogens is 2. The average Bonchev–Trinajstić information content (AvgIpc) is 2.70. The number of hydrogen-bond donors (Lipinski definition) is 0. The summed E-state index contributed by atoms with van der Waals surface area (Å²) in [5, 5.41) is 4.18. The van der Waals surface area contributed by atoms with Crippen LogP contribution in [-0.2, 0) is 12.5 Å². The third-order valence-electron chi connectivity index (χ3n) is 3.33. The molecule has 2 aromatic rings. The van der Waals surface area contributed by atoms with Crippen molar-refractivity contribution < 1.29 is 4.79 Å². The molecule has 0 unspecified atom stereocenters. The van der Waals surface area contributed by atoms with E-state index in [0.29, 0.717) is 5.69 Å². The highest BCUT2D eigenvalue weighted by Crippen LogP contribution is 2.28. The predicted octanol–water partition coefficient (Wildman–Crippen LogP) is 3.59. The highest BCUT2D eigenvalue weighted by molar-refractivity contribution is 5.99. The number of benzene rings is 1. The van der Waals surface area contributed by atoms with Crippen molar-refractivity contribution in [3.05, 3.63) is 41.7 Å². The molecule has 0 saturated carbocycles. The lowest BCUT2D eigenvalue weighted by molar-refractivity contribution is 0.100. The van der Waals surface area contributed by atoms with Crippen LogP contribution in [0.4, 0.5) is 0 Å². The number of aryl methyl sites for hydroxylation is 1. The van der Waals surface area contributed by atoms with E-state index in [-0.39, 0.29) is 11.2 Å². The van der Waals surface area contributed by atoms with Gasteiger partial charge in [0, 0.05) is 19.5 Å². The Morgan fingerprint density at radius 1 is 1.16 bits per heavy atom. The lowest BCUT2D eigenvalue weighted by atomic mass is 9.86. The van der Waals surface area contributed by atoms with E-state index < -0.39 is 0 Å². The summed E-state index contributed by atoms with van der Waals surface area (Å²) in [6.45, 7) is 8.14.